The first kappa shape index (κ1) is 53.0. The molecule has 89 heavy (non-hydrogen) atoms. The SMILES string of the molecule is CC(C)(C)C1=Cc2c(n3c4c(cc(C(C)(C)C)cc24)B2c4c-3cc(-n3c5c(C6Cc7ccccc7-c7ccccc76)cccc5c5cccc(-n6c7ccccc7c7ccccc76)c53)cc4-n3c4ccc(C(C)(C)C)cc4c4cc(C(C)(C)C)cc2c43)CC1. The zero-order valence-electron chi connectivity index (χ0n) is 53.5. The van der Waals surface area contributed by atoms with E-state index in [2.05, 4.69) is 295 Å². The number of hydrogen-bond donors (Lipinski definition) is 0. The van der Waals surface area contributed by atoms with E-state index in [1.807, 2.05) is 0 Å². The number of fused-ring (bicyclic) bond motifs is 19. The van der Waals surface area contributed by atoms with E-state index >= 15 is 0 Å². The van der Waals surface area contributed by atoms with E-state index in [0.717, 1.165) is 19.3 Å². The number of benzene rings is 10. The molecule has 10 aromatic carbocycles. The Balaban J connectivity index is 1.05. The van der Waals surface area contributed by atoms with Crippen LogP contribution in [0.1, 0.15) is 140 Å². The Labute approximate surface area is 522 Å². The Morgan fingerprint density at radius 1 is 0.371 bits per heavy atom. The van der Waals surface area contributed by atoms with Gasteiger partial charge in [0.05, 0.1) is 39.0 Å². The maximum absolute atomic E-state index is 2.80. The lowest BCUT2D eigenvalue weighted by atomic mass is 9.34. The van der Waals surface area contributed by atoms with Gasteiger partial charge in [-0.15, -0.1) is 0 Å². The van der Waals surface area contributed by atoms with Gasteiger partial charge in [0.15, 0.2) is 0 Å². The van der Waals surface area contributed by atoms with Crippen LogP contribution in [0.5, 0.6) is 0 Å². The maximum atomic E-state index is 2.80. The third-order valence-electron chi connectivity index (χ3n) is 21.5. The van der Waals surface area contributed by atoms with Gasteiger partial charge in [0.25, 0.3) is 6.71 Å². The number of rotatable bonds is 3. The van der Waals surface area contributed by atoms with Crippen LogP contribution in [0, 0.1) is 5.41 Å². The monoisotopic (exact) mass is 1150 g/mol. The Kier molecular flexibility index (Phi) is 10.6. The van der Waals surface area contributed by atoms with Crippen LogP contribution in [0.2, 0.25) is 0 Å². The molecular weight excluding hydrogens is 1080 g/mol. The molecular formula is C84H75BN4. The predicted octanol–water partition coefficient (Wildman–Crippen LogP) is 19.7. The second-order valence-electron chi connectivity index (χ2n) is 30.8. The van der Waals surface area contributed by atoms with Gasteiger partial charge in [0.2, 0.25) is 0 Å². The first-order valence-corrected chi connectivity index (χ1v) is 32.7. The summed E-state index contributed by atoms with van der Waals surface area (Å²) in [5.41, 5.74) is 33.1. The number of nitrogens with zero attached hydrogens (tertiary/aromatic N) is 4. The van der Waals surface area contributed by atoms with E-state index in [1.165, 1.54) is 177 Å². The normalized spacial score (nSPS) is 15.4. The minimum Gasteiger partial charge on any atom is -0.314 e. The van der Waals surface area contributed by atoms with Gasteiger partial charge >= 0.3 is 0 Å². The van der Waals surface area contributed by atoms with Crippen LogP contribution in [0.25, 0.3) is 116 Å². The van der Waals surface area contributed by atoms with Crippen molar-refractivity contribution >= 4 is 105 Å². The minimum absolute atomic E-state index is 0.0295. The van der Waals surface area contributed by atoms with Gasteiger partial charge in [-0.25, -0.2) is 0 Å². The summed E-state index contributed by atoms with van der Waals surface area (Å²) in [4.78, 5) is 0. The van der Waals surface area contributed by atoms with Crippen molar-refractivity contribution in [3.8, 4) is 33.9 Å². The van der Waals surface area contributed by atoms with E-state index in [-0.39, 0.29) is 34.3 Å². The summed E-state index contributed by atoms with van der Waals surface area (Å²) in [6.07, 6.45) is 5.53. The van der Waals surface area contributed by atoms with Crippen molar-refractivity contribution in [3.63, 3.8) is 0 Å². The van der Waals surface area contributed by atoms with Crippen LogP contribution >= 0.6 is 0 Å². The highest BCUT2D eigenvalue weighted by Crippen LogP contribution is 2.51. The summed E-state index contributed by atoms with van der Waals surface area (Å²) in [7, 11) is 0. The molecule has 1 unspecified atom stereocenters. The van der Waals surface area contributed by atoms with E-state index in [9.17, 15) is 0 Å². The van der Waals surface area contributed by atoms with Crippen molar-refractivity contribution in [2.75, 3.05) is 0 Å². The van der Waals surface area contributed by atoms with Crippen LogP contribution in [0.4, 0.5) is 0 Å². The number of aromatic nitrogens is 4. The lowest BCUT2D eigenvalue weighted by molar-refractivity contribution is 0.483. The van der Waals surface area contributed by atoms with Crippen LogP contribution in [0.15, 0.2) is 194 Å². The Hall–Kier alpha value is -9.06. The summed E-state index contributed by atoms with van der Waals surface area (Å²) < 4.78 is 10.9. The van der Waals surface area contributed by atoms with Crippen LogP contribution < -0.4 is 16.4 Å². The Morgan fingerprint density at radius 3 is 1.61 bits per heavy atom. The van der Waals surface area contributed by atoms with E-state index < -0.39 is 0 Å². The highest BCUT2D eigenvalue weighted by atomic mass is 15.1. The molecule has 5 heteroatoms. The highest BCUT2D eigenvalue weighted by molar-refractivity contribution is 7.00. The van der Waals surface area contributed by atoms with Gasteiger partial charge in [-0.1, -0.05) is 228 Å². The quantitative estimate of drug-likeness (QED) is 0.157. The van der Waals surface area contributed by atoms with Crippen molar-refractivity contribution in [2.45, 2.75) is 125 Å². The summed E-state index contributed by atoms with van der Waals surface area (Å²) in [5.74, 6) is 0.0996. The maximum Gasteiger partial charge on any atom is 0.252 e. The van der Waals surface area contributed by atoms with Gasteiger partial charge in [-0.05, 0) is 156 Å². The summed E-state index contributed by atoms with van der Waals surface area (Å²) >= 11 is 0. The molecule has 0 radical (unpaired) electrons. The number of para-hydroxylation sites is 4. The van der Waals surface area contributed by atoms with Crippen molar-refractivity contribution in [1.29, 1.82) is 0 Å². The van der Waals surface area contributed by atoms with Crippen molar-refractivity contribution < 1.29 is 0 Å². The van der Waals surface area contributed by atoms with Crippen molar-refractivity contribution in [1.82, 2.24) is 18.3 Å². The Bertz CT molecular complexity index is 5460. The van der Waals surface area contributed by atoms with Crippen LogP contribution in [-0.4, -0.2) is 25.0 Å². The second-order valence-corrected chi connectivity index (χ2v) is 30.8. The van der Waals surface area contributed by atoms with Crippen molar-refractivity contribution in [3.05, 3.63) is 238 Å². The molecule has 0 N–H and O–H groups in total. The smallest absolute Gasteiger partial charge is 0.252 e. The molecule has 1 atom stereocenters. The summed E-state index contributed by atoms with van der Waals surface area (Å²) in [6.45, 7) is 28.8. The molecule has 0 amide bonds. The fourth-order valence-electron chi connectivity index (χ4n) is 17.0. The topological polar surface area (TPSA) is 19.7 Å². The molecule has 0 fully saturated rings. The van der Waals surface area contributed by atoms with Crippen LogP contribution in [0.3, 0.4) is 0 Å². The molecule has 0 saturated heterocycles. The number of allylic oxidation sites excluding steroid dienone is 1. The zero-order chi connectivity index (χ0) is 60.7. The zero-order valence-corrected chi connectivity index (χ0v) is 53.5. The van der Waals surface area contributed by atoms with Gasteiger partial charge < -0.3 is 18.3 Å². The minimum atomic E-state index is -0.0956. The molecule has 0 saturated carbocycles. The van der Waals surface area contributed by atoms with Crippen molar-refractivity contribution in [2.24, 2.45) is 5.41 Å². The molecule has 18 rings (SSSR count). The fourth-order valence-corrected chi connectivity index (χ4v) is 17.0. The highest BCUT2D eigenvalue weighted by Gasteiger charge is 2.44. The average Bonchev–Trinajstić information content (AvgIpc) is 1.59. The fraction of sp³-hybridized carbons (Fsp3) is 0.238. The molecule has 2 aliphatic carbocycles. The third kappa shape index (κ3) is 7.31. The molecule has 434 valence electrons. The first-order valence-electron chi connectivity index (χ1n) is 32.7. The lowest BCUT2D eigenvalue weighted by Crippen LogP contribution is -2.60. The number of hydrogen-bond acceptors (Lipinski definition) is 0. The van der Waals surface area contributed by atoms with Gasteiger partial charge in [0, 0.05) is 77.3 Å². The third-order valence-corrected chi connectivity index (χ3v) is 21.5. The van der Waals surface area contributed by atoms with Gasteiger partial charge in [-0.2, -0.15) is 0 Å². The molecule has 0 bridgehead atoms. The average molecular weight is 1150 g/mol. The summed E-state index contributed by atoms with van der Waals surface area (Å²) in [6, 6.07) is 74.0. The molecule has 6 heterocycles. The van der Waals surface area contributed by atoms with Gasteiger partial charge in [0.1, 0.15) is 0 Å². The largest absolute Gasteiger partial charge is 0.314 e. The molecule has 4 aromatic heterocycles. The van der Waals surface area contributed by atoms with Gasteiger partial charge in [-0.3, -0.25) is 0 Å². The molecule has 0 spiro atoms. The molecule has 4 aliphatic rings. The second kappa shape index (κ2) is 17.8. The summed E-state index contributed by atoms with van der Waals surface area (Å²) in [5, 5.41) is 9.09. The predicted molar refractivity (Wildman–Crippen MR) is 380 cm³/mol. The van der Waals surface area contributed by atoms with E-state index in [0.29, 0.717) is 0 Å². The molecule has 4 nitrogen and oxygen atoms in total. The molecule has 2 aliphatic heterocycles. The standard InChI is InChI=1S/C84H75BN4/c1-81(2,3)49-35-37-71-63(40-49)65-42-51(83(7,8)9)44-67-78(65)88(71)74-46-53(47-75-76(74)85(67)68-45-52(84(10,11)12)43-66-64-41-50(82(4,5)6)36-38-72(64)89(75)79(66)68)86-77-59(29-21-30-61(77)62-39-48-23-13-14-24-54(48)55-25-15-16-26-56(55)62)60-31-22-34-73(80(60)86)87-69-32-19-17-27-57(69)58-28-18-20-33-70(58)87/h13-35,37,40-47,62H,36,38-39H2,1-12H3. The van der Waals surface area contributed by atoms with E-state index in [1.54, 1.807) is 0 Å². The van der Waals surface area contributed by atoms with E-state index in [4.69, 9.17) is 0 Å². The molecule has 14 aromatic rings. The first-order chi connectivity index (χ1) is 42.7. The van der Waals surface area contributed by atoms with Crippen LogP contribution in [-0.2, 0) is 29.1 Å². The lowest BCUT2D eigenvalue weighted by Gasteiger charge is -2.36. The Morgan fingerprint density at radius 2 is 0.921 bits per heavy atom.